The Hall–Kier alpha value is -2.47. The zero-order chi connectivity index (χ0) is 15.6. The maximum absolute atomic E-state index is 13.7. The molecule has 0 heterocycles. The largest absolute Gasteiger partial charge is 0.457 e. The maximum atomic E-state index is 13.7. The smallest absolute Gasteiger partial charge is 0.269 e. The van der Waals surface area contributed by atoms with E-state index < -0.39 is 16.8 Å². The Kier molecular flexibility index (Phi) is 4.18. The molecule has 0 saturated carbocycles. The first-order valence-electron chi connectivity index (χ1n) is 6.29. The van der Waals surface area contributed by atoms with Crippen LogP contribution in [-0.2, 0) is 0 Å². The summed E-state index contributed by atoms with van der Waals surface area (Å²) in [6.45, 7) is 3.09. The molecular weight excluding hydrogens is 277 g/mol. The summed E-state index contributed by atoms with van der Waals surface area (Å²) in [6, 6.07) is 8.37. The van der Waals surface area contributed by atoms with Gasteiger partial charge in [-0.25, -0.2) is 4.39 Å². The summed E-state index contributed by atoms with van der Waals surface area (Å²) in [5, 5.41) is 20.3. The number of hydrogen-bond acceptors (Lipinski definition) is 4. The van der Waals surface area contributed by atoms with Crippen molar-refractivity contribution in [1.29, 1.82) is 0 Å². The highest BCUT2D eigenvalue weighted by atomic mass is 19.1. The van der Waals surface area contributed by atoms with Gasteiger partial charge in [-0.1, -0.05) is 6.07 Å². The SMILES string of the molecule is Cc1cc([N+](=O)[O-])ccc1Oc1cccc(F)c1[C@H](C)O. The minimum absolute atomic E-state index is 0.0464. The van der Waals surface area contributed by atoms with Crippen LogP contribution in [0.2, 0.25) is 0 Å². The molecule has 0 fully saturated rings. The Labute approximate surface area is 120 Å². The van der Waals surface area contributed by atoms with E-state index >= 15 is 0 Å². The van der Waals surface area contributed by atoms with E-state index in [-0.39, 0.29) is 17.0 Å². The fraction of sp³-hybridized carbons (Fsp3) is 0.200. The first kappa shape index (κ1) is 14.9. The van der Waals surface area contributed by atoms with E-state index in [4.69, 9.17) is 4.74 Å². The lowest BCUT2D eigenvalue weighted by atomic mass is 10.1. The molecule has 0 unspecified atom stereocenters. The highest BCUT2D eigenvalue weighted by Crippen LogP contribution is 2.34. The number of halogens is 1. The van der Waals surface area contributed by atoms with E-state index in [0.29, 0.717) is 11.3 Å². The Morgan fingerprint density at radius 2 is 2.00 bits per heavy atom. The quantitative estimate of drug-likeness (QED) is 0.685. The van der Waals surface area contributed by atoms with E-state index in [1.807, 2.05) is 0 Å². The minimum Gasteiger partial charge on any atom is -0.457 e. The van der Waals surface area contributed by atoms with E-state index in [2.05, 4.69) is 0 Å². The number of ether oxygens (including phenoxy) is 1. The number of nitro groups is 1. The number of benzene rings is 2. The average Bonchev–Trinajstić information content (AvgIpc) is 2.40. The molecule has 5 nitrogen and oxygen atoms in total. The number of aryl methyl sites for hydroxylation is 1. The molecule has 0 aliphatic rings. The van der Waals surface area contributed by atoms with Gasteiger partial charge >= 0.3 is 0 Å². The van der Waals surface area contributed by atoms with Gasteiger partial charge in [-0.05, 0) is 37.6 Å². The molecule has 2 rings (SSSR count). The first-order valence-corrected chi connectivity index (χ1v) is 6.29. The first-order chi connectivity index (χ1) is 9.90. The van der Waals surface area contributed by atoms with Gasteiger partial charge in [0.15, 0.2) is 0 Å². The number of nitrogens with zero attached hydrogens (tertiary/aromatic N) is 1. The molecule has 0 saturated heterocycles. The predicted octanol–water partition coefficient (Wildman–Crippen LogP) is 3.89. The Morgan fingerprint density at radius 3 is 2.57 bits per heavy atom. The van der Waals surface area contributed by atoms with Crippen LogP contribution in [0.15, 0.2) is 36.4 Å². The van der Waals surface area contributed by atoms with E-state index in [1.54, 1.807) is 6.92 Å². The Balaban J connectivity index is 2.39. The fourth-order valence-corrected chi connectivity index (χ4v) is 1.99. The van der Waals surface area contributed by atoms with Crippen LogP contribution < -0.4 is 4.74 Å². The standard InChI is InChI=1S/C15H14FNO4/c1-9-8-11(17(19)20)6-7-13(9)21-14-5-3-4-12(16)15(14)10(2)18/h3-8,10,18H,1-2H3/t10-/m0/s1. The molecule has 0 aliphatic carbocycles. The van der Waals surface area contributed by atoms with Crippen molar-refractivity contribution in [1.82, 2.24) is 0 Å². The molecule has 0 amide bonds. The zero-order valence-corrected chi connectivity index (χ0v) is 11.5. The highest BCUT2D eigenvalue weighted by molar-refractivity contribution is 5.46. The van der Waals surface area contributed by atoms with Gasteiger partial charge in [-0.3, -0.25) is 10.1 Å². The van der Waals surface area contributed by atoms with Crippen LogP contribution in [0.25, 0.3) is 0 Å². The third-order valence-electron chi connectivity index (χ3n) is 3.02. The van der Waals surface area contributed by atoms with Gasteiger partial charge < -0.3 is 9.84 Å². The van der Waals surface area contributed by atoms with Crippen LogP contribution >= 0.6 is 0 Å². The normalized spacial score (nSPS) is 12.0. The lowest BCUT2D eigenvalue weighted by Crippen LogP contribution is -2.00. The van der Waals surface area contributed by atoms with Gasteiger partial charge in [0.2, 0.25) is 0 Å². The Bertz CT molecular complexity index is 685. The van der Waals surface area contributed by atoms with Crippen molar-refractivity contribution >= 4 is 5.69 Å². The number of non-ortho nitro benzene ring substituents is 1. The van der Waals surface area contributed by atoms with Crippen LogP contribution in [0, 0.1) is 22.9 Å². The molecule has 110 valence electrons. The minimum atomic E-state index is -1.03. The molecule has 0 spiro atoms. The molecular formula is C15H14FNO4. The zero-order valence-electron chi connectivity index (χ0n) is 11.5. The number of aliphatic hydroxyl groups is 1. The number of nitro benzene ring substituents is 1. The van der Waals surface area contributed by atoms with Crippen molar-refractivity contribution in [2.45, 2.75) is 20.0 Å². The topological polar surface area (TPSA) is 72.6 Å². The van der Waals surface area contributed by atoms with Crippen molar-refractivity contribution in [3.05, 3.63) is 63.5 Å². The summed E-state index contributed by atoms with van der Waals surface area (Å²) in [5.41, 5.74) is 0.551. The van der Waals surface area contributed by atoms with Crippen LogP contribution in [0.4, 0.5) is 10.1 Å². The van der Waals surface area contributed by atoms with Crippen molar-refractivity contribution in [3.8, 4) is 11.5 Å². The summed E-state index contributed by atoms with van der Waals surface area (Å²) < 4.78 is 19.3. The number of aliphatic hydroxyl groups excluding tert-OH is 1. The molecule has 1 N–H and O–H groups in total. The summed E-state index contributed by atoms with van der Waals surface area (Å²) in [6.07, 6.45) is -1.03. The van der Waals surface area contributed by atoms with Crippen LogP contribution in [0.5, 0.6) is 11.5 Å². The van der Waals surface area contributed by atoms with Gasteiger partial charge in [0, 0.05) is 12.1 Å². The second-order valence-electron chi connectivity index (χ2n) is 4.64. The molecule has 21 heavy (non-hydrogen) atoms. The van der Waals surface area contributed by atoms with E-state index in [9.17, 15) is 19.6 Å². The van der Waals surface area contributed by atoms with E-state index in [0.717, 1.165) is 0 Å². The molecule has 1 atom stereocenters. The molecule has 2 aromatic carbocycles. The maximum Gasteiger partial charge on any atom is 0.269 e. The third kappa shape index (κ3) is 3.17. The van der Waals surface area contributed by atoms with E-state index in [1.165, 1.54) is 43.3 Å². The lowest BCUT2D eigenvalue weighted by molar-refractivity contribution is -0.384. The molecule has 6 heteroatoms. The monoisotopic (exact) mass is 291 g/mol. The van der Waals surface area contributed by atoms with Gasteiger partial charge in [-0.15, -0.1) is 0 Å². The third-order valence-corrected chi connectivity index (χ3v) is 3.02. The molecule has 0 aromatic heterocycles. The number of rotatable bonds is 4. The summed E-state index contributed by atoms with van der Waals surface area (Å²) in [5.74, 6) is -0.0166. The van der Waals surface area contributed by atoms with Gasteiger partial charge in [0.05, 0.1) is 16.6 Å². The van der Waals surface area contributed by atoms with Crippen LogP contribution in [0.1, 0.15) is 24.2 Å². The van der Waals surface area contributed by atoms with Crippen LogP contribution in [0.3, 0.4) is 0 Å². The van der Waals surface area contributed by atoms with Crippen molar-refractivity contribution in [2.75, 3.05) is 0 Å². The van der Waals surface area contributed by atoms with Crippen molar-refractivity contribution in [3.63, 3.8) is 0 Å². The highest BCUT2D eigenvalue weighted by Gasteiger charge is 2.16. The van der Waals surface area contributed by atoms with Gasteiger partial charge in [0.25, 0.3) is 5.69 Å². The summed E-state index contributed by atoms with van der Waals surface area (Å²) >= 11 is 0. The molecule has 0 radical (unpaired) electrons. The molecule has 2 aromatic rings. The average molecular weight is 291 g/mol. The van der Waals surface area contributed by atoms with Crippen molar-refractivity contribution < 1.29 is 19.2 Å². The second-order valence-corrected chi connectivity index (χ2v) is 4.64. The van der Waals surface area contributed by atoms with Crippen molar-refractivity contribution in [2.24, 2.45) is 0 Å². The Morgan fingerprint density at radius 1 is 1.29 bits per heavy atom. The van der Waals surface area contributed by atoms with Gasteiger partial charge in [-0.2, -0.15) is 0 Å². The summed E-state index contributed by atoms with van der Waals surface area (Å²) in [4.78, 5) is 10.2. The number of hydrogen-bond donors (Lipinski definition) is 1. The lowest BCUT2D eigenvalue weighted by Gasteiger charge is -2.15. The van der Waals surface area contributed by atoms with Crippen LogP contribution in [-0.4, -0.2) is 10.0 Å². The second kappa shape index (κ2) is 5.88. The predicted molar refractivity (Wildman–Crippen MR) is 74.9 cm³/mol. The van der Waals surface area contributed by atoms with Gasteiger partial charge in [0.1, 0.15) is 17.3 Å². The molecule has 0 bridgehead atoms. The fourth-order valence-electron chi connectivity index (χ4n) is 1.99. The summed E-state index contributed by atoms with van der Waals surface area (Å²) in [7, 11) is 0. The molecule has 0 aliphatic heterocycles.